The summed E-state index contributed by atoms with van der Waals surface area (Å²) in [4.78, 5) is 6.38. The van der Waals surface area contributed by atoms with Crippen LogP contribution in [0.5, 0.6) is 0 Å². The first-order valence-corrected chi connectivity index (χ1v) is 9.73. The third kappa shape index (κ3) is 3.16. The van der Waals surface area contributed by atoms with Crippen molar-refractivity contribution in [3.05, 3.63) is 70.8 Å². The lowest BCUT2D eigenvalue weighted by Gasteiger charge is -2.09. The molecule has 2 aliphatic rings. The van der Waals surface area contributed by atoms with Crippen LogP contribution in [0.25, 0.3) is 10.1 Å². The van der Waals surface area contributed by atoms with Crippen LogP contribution in [-0.4, -0.2) is 5.71 Å². The molecular weight excluding hydrogens is 310 g/mol. The molecule has 122 valence electrons. The topological polar surface area (TPSA) is 12.4 Å². The Labute approximate surface area is 148 Å². The Balaban J connectivity index is 1.60. The number of allylic oxidation sites excluding steroid dienone is 5. The highest BCUT2D eigenvalue weighted by Gasteiger charge is 2.17. The average molecular weight is 334 g/mol. The zero-order valence-electron chi connectivity index (χ0n) is 14.2. The summed E-state index contributed by atoms with van der Waals surface area (Å²) >= 11 is 1.96. The van der Waals surface area contributed by atoms with Crippen molar-refractivity contribution in [2.24, 2.45) is 4.99 Å². The molecule has 0 radical (unpaired) electrons. The van der Waals surface area contributed by atoms with E-state index in [9.17, 15) is 0 Å². The van der Waals surface area contributed by atoms with E-state index in [0.717, 1.165) is 18.5 Å². The van der Waals surface area contributed by atoms with Crippen LogP contribution in [0, 0.1) is 6.92 Å². The molecule has 1 aromatic heterocycles. The Morgan fingerprint density at radius 2 is 2.04 bits per heavy atom. The van der Waals surface area contributed by atoms with Crippen LogP contribution in [-0.2, 0) is 0 Å². The standard InChI is InChI=1S/C22H23NS/c1-16-20-12-5-6-13-21(20)24-22(16)17-8-7-11-19(15-14-17)23-18-9-3-2-4-10-18/h3,5-6,9,11-15,17H,2,4,7-8,10H2,1H3. The van der Waals surface area contributed by atoms with Crippen LogP contribution < -0.4 is 0 Å². The van der Waals surface area contributed by atoms with Gasteiger partial charge < -0.3 is 0 Å². The summed E-state index contributed by atoms with van der Waals surface area (Å²) < 4.78 is 1.41. The molecule has 0 amide bonds. The van der Waals surface area contributed by atoms with Crippen molar-refractivity contribution in [1.82, 2.24) is 0 Å². The Morgan fingerprint density at radius 3 is 2.88 bits per heavy atom. The molecule has 2 heteroatoms. The van der Waals surface area contributed by atoms with Crippen molar-refractivity contribution >= 4 is 27.1 Å². The molecule has 2 aliphatic carbocycles. The number of rotatable bonds is 2. The predicted octanol–water partition coefficient (Wildman–Crippen LogP) is 6.71. The van der Waals surface area contributed by atoms with Gasteiger partial charge in [0.15, 0.2) is 0 Å². The van der Waals surface area contributed by atoms with Gasteiger partial charge in [-0.1, -0.05) is 36.4 Å². The van der Waals surface area contributed by atoms with Gasteiger partial charge in [-0.25, -0.2) is 0 Å². The molecule has 0 N–H and O–H groups in total. The van der Waals surface area contributed by atoms with E-state index in [4.69, 9.17) is 4.99 Å². The van der Waals surface area contributed by atoms with Crippen LogP contribution in [0.4, 0.5) is 0 Å². The Kier molecular flexibility index (Phi) is 4.48. The second kappa shape index (κ2) is 6.90. The molecule has 0 aliphatic heterocycles. The SMILES string of the molecule is Cc1c(C2C=CC(N=C3C=CCCC3)=CCC2)sc2ccccc12. The number of aliphatic imine (C=N–C) groups is 1. The summed E-state index contributed by atoms with van der Waals surface area (Å²) in [5, 5.41) is 1.41. The van der Waals surface area contributed by atoms with E-state index in [0.29, 0.717) is 5.92 Å². The van der Waals surface area contributed by atoms with Crippen molar-refractivity contribution in [1.29, 1.82) is 0 Å². The van der Waals surface area contributed by atoms with E-state index in [2.05, 4.69) is 61.6 Å². The number of aryl methyl sites for hydroxylation is 1. The van der Waals surface area contributed by atoms with E-state index >= 15 is 0 Å². The molecule has 1 nitrogen and oxygen atoms in total. The minimum atomic E-state index is 0.512. The van der Waals surface area contributed by atoms with Gasteiger partial charge in [-0.2, -0.15) is 0 Å². The highest BCUT2D eigenvalue weighted by Crippen LogP contribution is 2.39. The van der Waals surface area contributed by atoms with E-state index in [1.54, 1.807) is 0 Å². The Bertz CT molecular complexity index is 863. The fourth-order valence-electron chi connectivity index (χ4n) is 3.60. The fourth-order valence-corrected chi connectivity index (χ4v) is 4.93. The zero-order valence-corrected chi connectivity index (χ0v) is 15.0. The number of benzene rings is 1. The van der Waals surface area contributed by atoms with Gasteiger partial charge in [-0.05, 0) is 68.2 Å². The lowest BCUT2D eigenvalue weighted by Crippen LogP contribution is -1.98. The molecule has 0 spiro atoms. The Hall–Kier alpha value is -1.93. The predicted molar refractivity (Wildman–Crippen MR) is 106 cm³/mol. The summed E-state index contributed by atoms with van der Waals surface area (Å²) in [5.41, 5.74) is 3.82. The maximum Gasteiger partial charge on any atom is 0.0590 e. The van der Waals surface area contributed by atoms with Crippen LogP contribution in [0.1, 0.15) is 48.5 Å². The van der Waals surface area contributed by atoms with E-state index in [1.807, 2.05) is 11.3 Å². The summed E-state index contributed by atoms with van der Waals surface area (Å²) in [7, 11) is 0. The van der Waals surface area contributed by atoms with Crippen molar-refractivity contribution in [2.45, 2.75) is 44.9 Å². The normalized spacial score (nSPS) is 22.8. The molecule has 4 rings (SSSR count). The minimum absolute atomic E-state index is 0.512. The number of thiophene rings is 1. The molecule has 1 atom stereocenters. The zero-order chi connectivity index (χ0) is 16.4. The first-order chi connectivity index (χ1) is 11.8. The van der Waals surface area contributed by atoms with E-state index in [1.165, 1.54) is 45.5 Å². The van der Waals surface area contributed by atoms with Crippen molar-refractivity contribution in [2.75, 3.05) is 0 Å². The lowest BCUT2D eigenvalue weighted by molar-refractivity contribution is 0.764. The first kappa shape index (κ1) is 15.6. The highest BCUT2D eigenvalue weighted by molar-refractivity contribution is 7.19. The van der Waals surface area contributed by atoms with Crippen LogP contribution in [0.2, 0.25) is 0 Å². The van der Waals surface area contributed by atoms with Gasteiger partial charge in [-0.15, -0.1) is 11.3 Å². The van der Waals surface area contributed by atoms with Crippen LogP contribution >= 0.6 is 11.3 Å². The lowest BCUT2D eigenvalue weighted by atomic mass is 9.98. The average Bonchev–Trinajstić information content (AvgIpc) is 2.79. The number of hydrogen-bond donors (Lipinski definition) is 0. The number of hydrogen-bond acceptors (Lipinski definition) is 2. The van der Waals surface area contributed by atoms with E-state index < -0.39 is 0 Å². The molecule has 2 aromatic rings. The van der Waals surface area contributed by atoms with Gasteiger partial charge in [0.25, 0.3) is 0 Å². The maximum atomic E-state index is 4.86. The highest BCUT2D eigenvalue weighted by atomic mass is 32.1. The molecule has 0 bridgehead atoms. The quantitative estimate of drug-likeness (QED) is 0.579. The van der Waals surface area contributed by atoms with Crippen LogP contribution in [0.15, 0.2) is 65.3 Å². The molecule has 1 aromatic carbocycles. The van der Waals surface area contributed by atoms with Crippen molar-refractivity contribution in [3.8, 4) is 0 Å². The van der Waals surface area contributed by atoms with Crippen molar-refractivity contribution in [3.63, 3.8) is 0 Å². The Morgan fingerprint density at radius 1 is 1.12 bits per heavy atom. The van der Waals surface area contributed by atoms with Gasteiger partial charge in [0.2, 0.25) is 0 Å². The molecule has 0 saturated carbocycles. The molecule has 0 fully saturated rings. The fraction of sp³-hybridized carbons (Fsp3) is 0.318. The smallest absolute Gasteiger partial charge is 0.0590 e. The van der Waals surface area contributed by atoms with Gasteiger partial charge in [0.1, 0.15) is 0 Å². The monoisotopic (exact) mass is 333 g/mol. The number of fused-ring (bicyclic) bond motifs is 1. The molecule has 24 heavy (non-hydrogen) atoms. The van der Waals surface area contributed by atoms with Gasteiger partial charge in [-0.3, -0.25) is 4.99 Å². The minimum Gasteiger partial charge on any atom is -0.254 e. The molecule has 1 heterocycles. The number of nitrogens with zero attached hydrogens (tertiary/aromatic N) is 1. The van der Waals surface area contributed by atoms with Crippen LogP contribution in [0.3, 0.4) is 0 Å². The first-order valence-electron chi connectivity index (χ1n) is 8.92. The third-order valence-electron chi connectivity index (χ3n) is 4.93. The van der Waals surface area contributed by atoms with Gasteiger partial charge in [0, 0.05) is 21.2 Å². The summed E-state index contributed by atoms with van der Waals surface area (Å²) in [6.45, 7) is 2.27. The molecule has 0 saturated heterocycles. The van der Waals surface area contributed by atoms with E-state index in [-0.39, 0.29) is 0 Å². The second-order valence-electron chi connectivity index (χ2n) is 6.66. The second-order valence-corrected chi connectivity index (χ2v) is 7.74. The van der Waals surface area contributed by atoms with Gasteiger partial charge in [0.05, 0.1) is 5.70 Å². The summed E-state index contributed by atoms with van der Waals surface area (Å²) in [6, 6.07) is 8.76. The van der Waals surface area contributed by atoms with Gasteiger partial charge >= 0.3 is 0 Å². The maximum absolute atomic E-state index is 4.86. The largest absolute Gasteiger partial charge is 0.254 e. The van der Waals surface area contributed by atoms with Crippen molar-refractivity contribution < 1.29 is 0 Å². The molecule has 1 unspecified atom stereocenters. The summed E-state index contributed by atoms with van der Waals surface area (Å²) in [6.07, 6.45) is 17.1. The third-order valence-corrected chi connectivity index (χ3v) is 6.34. The molecular formula is C22H23NS. The summed E-state index contributed by atoms with van der Waals surface area (Å²) in [5.74, 6) is 0.512.